The molecular weight excluding hydrogens is 523 g/mol. The number of hydrogen-bond acceptors (Lipinski definition) is 7. The molecule has 2 aliphatic rings. The lowest BCUT2D eigenvalue weighted by Gasteiger charge is -2.29. The number of nitrogens with zero attached hydrogens (tertiary/aromatic N) is 3. The van der Waals surface area contributed by atoms with Crippen LogP contribution in [0.5, 0.6) is 5.75 Å². The minimum absolute atomic E-state index is 0.241. The largest absolute Gasteiger partial charge is 0.487 e. The van der Waals surface area contributed by atoms with Crippen molar-refractivity contribution in [3.05, 3.63) is 75.6 Å². The van der Waals surface area contributed by atoms with E-state index in [1.807, 2.05) is 24.3 Å². The van der Waals surface area contributed by atoms with Crippen LogP contribution in [0.3, 0.4) is 0 Å². The zero-order valence-electron chi connectivity index (χ0n) is 21.1. The summed E-state index contributed by atoms with van der Waals surface area (Å²) in [5, 5.41) is 5.06. The lowest BCUT2D eigenvalue weighted by molar-refractivity contribution is 0.0351. The van der Waals surface area contributed by atoms with E-state index in [1.165, 1.54) is 35.4 Å². The summed E-state index contributed by atoms with van der Waals surface area (Å²) < 4.78 is 24.8. The second-order valence-corrected chi connectivity index (χ2v) is 11.4. The number of thiophene rings is 1. The van der Waals surface area contributed by atoms with Crippen LogP contribution in [0.25, 0.3) is 10.2 Å². The molecule has 38 heavy (non-hydrogen) atoms. The first-order valence-corrected chi connectivity index (χ1v) is 14.3. The van der Waals surface area contributed by atoms with Crippen molar-refractivity contribution in [2.24, 2.45) is 5.92 Å². The molecule has 1 unspecified atom stereocenters. The Kier molecular flexibility index (Phi) is 7.74. The lowest BCUT2D eigenvalue weighted by atomic mass is 9.85. The van der Waals surface area contributed by atoms with Gasteiger partial charge in [-0.05, 0) is 79.6 Å². The van der Waals surface area contributed by atoms with Gasteiger partial charge in [0.25, 0.3) is 0 Å². The minimum atomic E-state index is -0.285. The highest BCUT2D eigenvalue weighted by Gasteiger charge is 2.26. The Hall–Kier alpha value is -2.78. The van der Waals surface area contributed by atoms with Crippen molar-refractivity contribution in [3.8, 4) is 5.75 Å². The molecule has 6 nitrogen and oxygen atoms in total. The fraction of sp³-hybridized carbons (Fsp3) is 0.379. The molecule has 1 N–H and O–H groups in total. The lowest BCUT2D eigenvalue weighted by Crippen LogP contribution is -2.37. The fourth-order valence-corrected chi connectivity index (χ4v) is 6.87. The van der Waals surface area contributed by atoms with Crippen molar-refractivity contribution in [1.82, 2.24) is 14.9 Å². The zero-order chi connectivity index (χ0) is 25.9. The molecule has 0 radical (unpaired) electrons. The second-order valence-electron chi connectivity index (χ2n) is 9.95. The van der Waals surface area contributed by atoms with E-state index in [2.05, 4.69) is 20.2 Å². The molecule has 2 aromatic carbocycles. The minimum Gasteiger partial charge on any atom is -0.487 e. The van der Waals surface area contributed by atoms with Crippen LogP contribution in [-0.4, -0.2) is 47.7 Å². The van der Waals surface area contributed by atoms with Gasteiger partial charge in [-0.15, -0.1) is 11.3 Å². The van der Waals surface area contributed by atoms with E-state index >= 15 is 0 Å². The van der Waals surface area contributed by atoms with E-state index < -0.39 is 0 Å². The third kappa shape index (κ3) is 5.78. The number of rotatable bonds is 8. The summed E-state index contributed by atoms with van der Waals surface area (Å²) in [4.78, 5) is 14.2. The first-order chi connectivity index (χ1) is 18.6. The number of anilines is 2. The van der Waals surface area contributed by atoms with Gasteiger partial charge in [-0.2, -0.15) is 0 Å². The molecule has 3 heterocycles. The number of benzene rings is 2. The molecular formula is C29H30ClFN4O2S. The highest BCUT2D eigenvalue weighted by Crippen LogP contribution is 2.41. The molecule has 6 rings (SSSR count). The molecule has 1 fully saturated rings. The number of aromatic nitrogens is 2. The smallest absolute Gasteiger partial charge is 0.142 e. The SMILES string of the molecule is Fc1cccc(COc2ccc(Nc3ncnc4sc5c(c34)CCC(CCN3CCOCC3)C5)cc2Cl)c1. The highest BCUT2D eigenvalue weighted by molar-refractivity contribution is 7.19. The average molecular weight is 553 g/mol. The van der Waals surface area contributed by atoms with Crippen LogP contribution in [-0.2, 0) is 24.2 Å². The molecule has 9 heteroatoms. The van der Waals surface area contributed by atoms with Crippen molar-refractivity contribution in [2.75, 3.05) is 38.2 Å². The molecule has 1 aliphatic heterocycles. The number of aryl methyl sites for hydroxylation is 1. The predicted molar refractivity (Wildman–Crippen MR) is 150 cm³/mol. The molecule has 4 aromatic rings. The van der Waals surface area contributed by atoms with E-state index in [0.29, 0.717) is 16.7 Å². The van der Waals surface area contributed by atoms with Crippen LogP contribution in [0.1, 0.15) is 28.8 Å². The summed E-state index contributed by atoms with van der Waals surface area (Å²) in [6.45, 7) is 5.21. The molecule has 0 amide bonds. The number of hydrogen-bond donors (Lipinski definition) is 1. The maximum absolute atomic E-state index is 13.4. The van der Waals surface area contributed by atoms with Gasteiger partial charge < -0.3 is 14.8 Å². The number of ether oxygens (including phenoxy) is 2. The Labute approximate surface area is 230 Å². The Morgan fingerprint density at radius 2 is 2.05 bits per heavy atom. The average Bonchev–Trinajstić information content (AvgIpc) is 3.31. The van der Waals surface area contributed by atoms with Gasteiger partial charge in [0.15, 0.2) is 0 Å². The molecule has 2 aromatic heterocycles. The number of morpholine rings is 1. The van der Waals surface area contributed by atoms with Crippen molar-refractivity contribution in [3.63, 3.8) is 0 Å². The van der Waals surface area contributed by atoms with Gasteiger partial charge in [0, 0.05) is 23.7 Å². The third-order valence-electron chi connectivity index (χ3n) is 7.38. The van der Waals surface area contributed by atoms with Gasteiger partial charge >= 0.3 is 0 Å². The maximum Gasteiger partial charge on any atom is 0.142 e. The Morgan fingerprint density at radius 1 is 1.16 bits per heavy atom. The van der Waals surface area contributed by atoms with Gasteiger partial charge in [0.2, 0.25) is 0 Å². The summed E-state index contributed by atoms with van der Waals surface area (Å²) in [5.74, 6) is 1.78. The summed E-state index contributed by atoms with van der Waals surface area (Å²) >= 11 is 8.33. The van der Waals surface area contributed by atoms with Gasteiger partial charge in [0.05, 0.1) is 23.6 Å². The van der Waals surface area contributed by atoms with Crippen molar-refractivity contribution in [2.45, 2.75) is 32.3 Å². The first-order valence-electron chi connectivity index (χ1n) is 13.1. The Bertz CT molecular complexity index is 1430. The topological polar surface area (TPSA) is 59.5 Å². The van der Waals surface area contributed by atoms with Crippen LogP contribution in [0.2, 0.25) is 5.02 Å². The second kappa shape index (κ2) is 11.5. The summed E-state index contributed by atoms with van der Waals surface area (Å²) in [5.41, 5.74) is 2.96. The third-order valence-corrected chi connectivity index (χ3v) is 8.84. The fourth-order valence-electron chi connectivity index (χ4n) is 5.33. The zero-order valence-corrected chi connectivity index (χ0v) is 22.7. The standard InChI is InChI=1S/C29H30ClFN4O2S/c30-24-16-22(5-7-25(24)37-17-20-2-1-3-21(31)14-20)34-28-27-23-6-4-19(8-9-35-10-12-36-13-11-35)15-26(23)38-29(27)33-18-32-28/h1-3,5,7,14,16,18-19H,4,6,8-13,15,17H2,(H,32,33,34). The quantitative estimate of drug-likeness (QED) is 0.265. The van der Waals surface area contributed by atoms with Crippen LogP contribution >= 0.6 is 22.9 Å². The van der Waals surface area contributed by atoms with Crippen LogP contribution in [0, 0.1) is 11.7 Å². The molecule has 0 bridgehead atoms. The summed E-state index contributed by atoms with van der Waals surface area (Å²) in [6.07, 6.45) is 6.22. The molecule has 1 aliphatic carbocycles. The Balaban J connectivity index is 1.14. The molecule has 1 atom stereocenters. The Morgan fingerprint density at radius 3 is 2.89 bits per heavy atom. The van der Waals surface area contributed by atoms with E-state index in [-0.39, 0.29) is 12.4 Å². The van der Waals surface area contributed by atoms with E-state index in [9.17, 15) is 4.39 Å². The maximum atomic E-state index is 13.4. The highest BCUT2D eigenvalue weighted by atomic mass is 35.5. The van der Waals surface area contributed by atoms with Gasteiger partial charge in [-0.1, -0.05) is 23.7 Å². The molecule has 0 spiro atoms. The van der Waals surface area contributed by atoms with E-state index in [0.717, 1.165) is 73.0 Å². The summed E-state index contributed by atoms with van der Waals surface area (Å²) in [7, 11) is 0. The van der Waals surface area contributed by atoms with Gasteiger partial charge in [-0.3, -0.25) is 4.90 Å². The number of nitrogens with one attached hydrogen (secondary N) is 1. The number of halogens is 2. The molecule has 1 saturated heterocycles. The number of fused-ring (bicyclic) bond motifs is 3. The summed E-state index contributed by atoms with van der Waals surface area (Å²) in [6, 6.07) is 11.9. The monoisotopic (exact) mass is 552 g/mol. The molecule has 198 valence electrons. The van der Waals surface area contributed by atoms with Gasteiger partial charge in [-0.25, -0.2) is 14.4 Å². The van der Waals surface area contributed by atoms with Crippen molar-refractivity contribution < 1.29 is 13.9 Å². The molecule has 0 saturated carbocycles. The van der Waals surface area contributed by atoms with E-state index in [1.54, 1.807) is 23.7 Å². The predicted octanol–water partition coefficient (Wildman–Crippen LogP) is 6.63. The van der Waals surface area contributed by atoms with Crippen LogP contribution in [0.15, 0.2) is 48.8 Å². The normalized spacial score (nSPS) is 17.9. The van der Waals surface area contributed by atoms with Crippen LogP contribution < -0.4 is 10.1 Å². The first kappa shape index (κ1) is 25.5. The van der Waals surface area contributed by atoms with Gasteiger partial charge in [0.1, 0.15) is 35.1 Å². The van der Waals surface area contributed by atoms with Crippen LogP contribution in [0.4, 0.5) is 15.9 Å². The van der Waals surface area contributed by atoms with E-state index in [4.69, 9.17) is 21.1 Å². The van der Waals surface area contributed by atoms with Crippen molar-refractivity contribution >= 4 is 44.7 Å². The van der Waals surface area contributed by atoms with Crippen molar-refractivity contribution in [1.29, 1.82) is 0 Å².